The van der Waals surface area contributed by atoms with Gasteiger partial charge in [-0.25, -0.2) is 0 Å². The molecule has 5 unspecified atom stereocenters. The average Bonchev–Trinajstić information content (AvgIpc) is 4.29. The predicted octanol–water partition coefficient (Wildman–Crippen LogP) is 5.07. The number of unbranched alkanes of at least 4 members (excludes halogenated alkanes) is 8. The smallest absolute Gasteiger partial charge is 0.310 e. The Balaban J connectivity index is 0.000000501. The summed E-state index contributed by atoms with van der Waals surface area (Å²) < 4.78 is 28.5. The Hall–Kier alpha value is -5.87. The third-order valence-corrected chi connectivity index (χ3v) is 14.2. The molecule has 0 saturated carbocycles. The second kappa shape index (κ2) is 41.2. The maximum absolute atomic E-state index is 11.7. The Morgan fingerprint density at radius 3 is 0.938 bits per heavy atom. The summed E-state index contributed by atoms with van der Waals surface area (Å²) in [6.45, 7) is 16.8. The normalized spacial score (nSPS) is 20.3. The lowest BCUT2D eigenvalue weighted by atomic mass is 10.1. The van der Waals surface area contributed by atoms with E-state index in [9.17, 15) is 52.7 Å². The van der Waals surface area contributed by atoms with Crippen molar-refractivity contribution in [3.05, 3.63) is 0 Å². The Bertz CT molecular complexity index is 1950. The number of carboxylic acid groups (broad SMARTS) is 1. The number of rotatable bonds is 28. The van der Waals surface area contributed by atoms with E-state index in [0.717, 1.165) is 64.6 Å². The number of likely N-dealkylation sites (tertiary alicyclic amines) is 5. The number of hydrogen-bond acceptors (Lipinski definition) is 17. The zero-order valence-corrected chi connectivity index (χ0v) is 49.8. The summed E-state index contributed by atoms with van der Waals surface area (Å²) in [5.41, 5.74) is 0. The lowest BCUT2D eigenvalue weighted by molar-refractivity contribution is -0.145. The SMILES string of the molecule is CCCCCCCCN1CC(C(=O)OC)CC1=O.CCCCCN1CC(C(=O)OC)CC1=O.CCCCN1CC(C(=O)OC)CC1=O.COC(=O)C1CC(=O)N(CCCC(=O)O)C1.COC(=O)C1CC(=O)N(CCCOC(C)C)C1. The van der Waals surface area contributed by atoms with Crippen LogP contribution in [0.25, 0.3) is 0 Å². The molecule has 5 aliphatic rings. The van der Waals surface area contributed by atoms with E-state index in [-0.39, 0.29) is 108 Å². The molecule has 0 spiro atoms. The van der Waals surface area contributed by atoms with Gasteiger partial charge in [0.25, 0.3) is 0 Å². The number of carbonyl (C=O) groups excluding carboxylic acids is 10. The van der Waals surface area contributed by atoms with Crippen LogP contribution in [0.15, 0.2) is 0 Å². The summed E-state index contributed by atoms with van der Waals surface area (Å²) in [5, 5.41) is 8.45. The van der Waals surface area contributed by atoms with Crippen molar-refractivity contribution in [1.82, 2.24) is 24.5 Å². The molecule has 0 bridgehead atoms. The van der Waals surface area contributed by atoms with Crippen molar-refractivity contribution in [1.29, 1.82) is 0 Å². The van der Waals surface area contributed by atoms with E-state index in [1.54, 1.807) is 19.6 Å². The highest BCUT2D eigenvalue weighted by Gasteiger charge is 2.38. The summed E-state index contributed by atoms with van der Waals surface area (Å²) in [6, 6.07) is 0. The lowest BCUT2D eigenvalue weighted by Gasteiger charge is -2.16. The highest BCUT2D eigenvalue weighted by atomic mass is 16.5. The van der Waals surface area contributed by atoms with Crippen molar-refractivity contribution in [3.63, 3.8) is 0 Å². The zero-order chi connectivity index (χ0) is 60.2. The monoisotopic (exact) mass is 1140 g/mol. The molecule has 5 heterocycles. The largest absolute Gasteiger partial charge is 0.481 e. The highest BCUT2D eigenvalue weighted by Crippen LogP contribution is 2.23. The molecule has 0 radical (unpaired) electrons. The topological polar surface area (TPSA) is 280 Å². The number of nitrogens with zero attached hydrogens (tertiary/aromatic N) is 5. The van der Waals surface area contributed by atoms with Crippen LogP contribution in [0, 0.1) is 29.6 Å². The van der Waals surface area contributed by atoms with Gasteiger partial charge in [0, 0.05) is 111 Å². The average molecular weight is 1140 g/mol. The fourth-order valence-electron chi connectivity index (χ4n) is 9.54. The lowest BCUT2D eigenvalue weighted by Crippen LogP contribution is -2.28. The van der Waals surface area contributed by atoms with Crippen molar-refractivity contribution in [2.45, 2.75) is 163 Å². The van der Waals surface area contributed by atoms with Crippen molar-refractivity contribution < 1.29 is 86.3 Å². The van der Waals surface area contributed by atoms with Crippen LogP contribution in [0.3, 0.4) is 0 Å². The molecule has 5 atom stereocenters. The van der Waals surface area contributed by atoms with Crippen LogP contribution >= 0.6 is 0 Å². The molecule has 80 heavy (non-hydrogen) atoms. The highest BCUT2D eigenvalue weighted by molar-refractivity contribution is 5.89. The molecule has 5 amide bonds. The van der Waals surface area contributed by atoms with E-state index < -0.39 is 11.9 Å². The van der Waals surface area contributed by atoms with Gasteiger partial charge in [-0.3, -0.25) is 52.7 Å². The number of carbonyl (C=O) groups is 11. The van der Waals surface area contributed by atoms with E-state index in [2.05, 4.69) is 44.5 Å². The Labute approximate surface area is 474 Å². The third-order valence-electron chi connectivity index (χ3n) is 14.2. The summed E-state index contributed by atoms with van der Waals surface area (Å²) in [5.74, 6) is -3.59. The summed E-state index contributed by atoms with van der Waals surface area (Å²) in [6.07, 6.45) is 15.5. The molecule has 23 nitrogen and oxygen atoms in total. The van der Waals surface area contributed by atoms with E-state index in [4.69, 9.17) is 9.84 Å². The van der Waals surface area contributed by atoms with Gasteiger partial charge in [0.05, 0.1) is 71.2 Å². The fourth-order valence-corrected chi connectivity index (χ4v) is 9.54. The first-order valence-electron chi connectivity index (χ1n) is 28.8. The minimum absolute atomic E-state index is 0.0324. The van der Waals surface area contributed by atoms with Crippen LogP contribution in [0.1, 0.15) is 157 Å². The molecular formula is C57H97N5O18. The van der Waals surface area contributed by atoms with Gasteiger partial charge in [0.15, 0.2) is 0 Å². The maximum atomic E-state index is 11.7. The quantitative estimate of drug-likeness (QED) is 0.0608. The van der Waals surface area contributed by atoms with Gasteiger partial charge in [-0.05, 0) is 46.0 Å². The molecule has 5 fully saturated rings. The van der Waals surface area contributed by atoms with Crippen LogP contribution in [-0.2, 0) is 81.2 Å². The van der Waals surface area contributed by atoms with Gasteiger partial charge in [-0.15, -0.1) is 0 Å². The molecule has 0 aliphatic carbocycles. The molecule has 0 aromatic heterocycles. The number of methoxy groups -OCH3 is 5. The van der Waals surface area contributed by atoms with Gasteiger partial charge >= 0.3 is 35.8 Å². The Morgan fingerprint density at radius 1 is 0.400 bits per heavy atom. The molecule has 458 valence electrons. The van der Waals surface area contributed by atoms with Gasteiger partial charge < -0.3 is 58.0 Å². The second-order valence-corrected chi connectivity index (χ2v) is 20.9. The van der Waals surface area contributed by atoms with Gasteiger partial charge in [0.1, 0.15) is 0 Å². The predicted molar refractivity (Wildman–Crippen MR) is 294 cm³/mol. The van der Waals surface area contributed by atoms with Crippen LogP contribution in [0.4, 0.5) is 0 Å². The van der Waals surface area contributed by atoms with E-state index in [1.807, 2.05) is 13.8 Å². The van der Waals surface area contributed by atoms with Crippen molar-refractivity contribution in [2.24, 2.45) is 29.6 Å². The third kappa shape index (κ3) is 28.0. The summed E-state index contributed by atoms with van der Waals surface area (Å²) in [7, 11) is 6.75. The maximum Gasteiger partial charge on any atom is 0.310 e. The molecule has 5 saturated heterocycles. The number of ether oxygens (including phenoxy) is 6. The number of amides is 5. The van der Waals surface area contributed by atoms with Crippen molar-refractivity contribution in [3.8, 4) is 0 Å². The number of aliphatic carboxylic acids is 1. The molecular weight excluding hydrogens is 1040 g/mol. The Morgan fingerprint density at radius 2 is 0.650 bits per heavy atom. The van der Waals surface area contributed by atoms with Gasteiger partial charge in [-0.1, -0.05) is 72.1 Å². The zero-order valence-electron chi connectivity index (χ0n) is 49.8. The van der Waals surface area contributed by atoms with Crippen molar-refractivity contribution >= 4 is 65.4 Å². The Kier molecular flexibility index (Phi) is 37.1. The van der Waals surface area contributed by atoms with E-state index in [0.29, 0.717) is 78.1 Å². The standard InChI is InChI=1S/C14H25NO3.C12H21NO4.C11H19NO3.C10H15NO5.C10H17NO3/c1-3-4-5-6-7-8-9-15-11-12(10-13(15)16)14(17)18-2;1-9(2)17-6-4-5-13-8-10(7-11(13)14)12(15)16-3;1-3-4-5-6-12-8-9(7-10(12)13)11(14)15-2;1-16-10(15)7-5-8(12)11(6-7)4-2-3-9(13)14;1-3-4-5-11-7-8(6-9(11)12)10(13)14-2/h12H,3-11H2,1-2H3;9-10H,4-8H2,1-3H3;9H,3-8H2,1-2H3;7H,2-6H2,1H3,(H,13,14);8H,3-7H2,1-2H3. The fraction of sp³-hybridized carbons (Fsp3) is 0.807. The molecule has 0 aromatic carbocycles. The van der Waals surface area contributed by atoms with Crippen LogP contribution in [0.2, 0.25) is 0 Å². The molecule has 0 aromatic rings. The second-order valence-electron chi connectivity index (χ2n) is 20.9. The number of hydrogen-bond donors (Lipinski definition) is 1. The van der Waals surface area contributed by atoms with E-state index >= 15 is 0 Å². The number of esters is 5. The van der Waals surface area contributed by atoms with Crippen LogP contribution < -0.4 is 0 Å². The molecule has 23 heteroatoms. The summed E-state index contributed by atoms with van der Waals surface area (Å²) in [4.78, 5) is 133. The van der Waals surface area contributed by atoms with Crippen molar-refractivity contribution in [2.75, 3.05) is 108 Å². The van der Waals surface area contributed by atoms with Gasteiger partial charge in [-0.2, -0.15) is 0 Å². The minimum Gasteiger partial charge on any atom is -0.481 e. The van der Waals surface area contributed by atoms with Gasteiger partial charge in [0.2, 0.25) is 29.5 Å². The molecule has 5 aliphatic heterocycles. The van der Waals surface area contributed by atoms with Crippen LogP contribution in [0.5, 0.6) is 0 Å². The first kappa shape index (κ1) is 72.1. The number of carboxylic acids is 1. The molecule has 5 rings (SSSR count). The first-order valence-corrected chi connectivity index (χ1v) is 28.8. The van der Waals surface area contributed by atoms with Crippen LogP contribution in [-0.4, -0.2) is 209 Å². The minimum atomic E-state index is -0.879. The summed E-state index contributed by atoms with van der Waals surface area (Å²) >= 11 is 0. The molecule has 1 N–H and O–H groups in total. The first-order chi connectivity index (χ1) is 38.1. The van der Waals surface area contributed by atoms with E-state index in [1.165, 1.54) is 72.6 Å².